The molecule has 1 aliphatic heterocycles. The van der Waals surface area contributed by atoms with Gasteiger partial charge in [-0.05, 0) is 32.1 Å². The molecule has 0 spiro atoms. The third-order valence-electron chi connectivity index (χ3n) is 3.65. The van der Waals surface area contributed by atoms with Crippen LogP contribution in [-0.4, -0.2) is 60.4 Å². The lowest BCUT2D eigenvalue weighted by Crippen LogP contribution is -2.43. The molecule has 0 saturated carbocycles. The van der Waals surface area contributed by atoms with Gasteiger partial charge in [-0.2, -0.15) is 0 Å². The number of amides is 1. The van der Waals surface area contributed by atoms with Crippen molar-refractivity contribution in [2.24, 2.45) is 5.92 Å². The Bertz CT molecular complexity index is 352. The summed E-state index contributed by atoms with van der Waals surface area (Å²) in [4.78, 5) is 24.7. The Hall–Kier alpha value is -1.14. The number of nitrogens with zero attached hydrogens (tertiary/aromatic N) is 1. The summed E-state index contributed by atoms with van der Waals surface area (Å²) in [5.41, 5.74) is 0. The minimum absolute atomic E-state index is 0.0447. The molecule has 1 heterocycles. The number of carbonyl (C=O) groups excluding carboxylic acids is 1. The summed E-state index contributed by atoms with van der Waals surface area (Å²) in [6, 6.07) is 0. The molecule has 22 heavy (non-hydrogen) atoms. The molecule has 6 heteroatoms. The molecule has 1 fully saturated rings. The van der Waals surface area contributed by atoms with Gasteiger partial charge in [-0.25, -0.2) is 0 Å². The van der Waals surface area contributed by atoms with Gasteiger partial charge >= 0.3 is 5.97 Å². The van der Waals surface area contributed by atoms with Gasteiger partial charge in [0.2, 0.25) is 0 Å². The zero-order valence-electron chi connectivity index (χ0n) is 13.9. The number of rotatable bonds is 9. The van der Waals surface area contributed by atoms with Gasteiger partial charge in [0.05, 0.1) is 19.1 Å². The zero-order chi connectivity index (χ0) is 16.5. The van der Waals surface area contributed by atoms with E-state index in [1.807, 2.05) is 13.8 Å². The van der Waals surface area contributed by atoms with Crippen molar-refractivity contribution in [1.82, 2.24) is 4.90 Å². The SMILES string of the molecule is CC(C)CN(CCC(=O)O)C(=O)C(C)OCC1CCCCO1. The minimum atomic E-state index is -0.897. The number of carbonyl (C=O) groups is 2. The molecule has 0 aromatic carbocycles. The van der Waals surface area contributed by atoms with E-state index in [0.717, 1.165) is 25.9 Å². The van der Waals surface area contributed by atoms with Crippen LogP contribution in [0.1, 0.15) is 46.5 Å². The molecule has 2 unspecified atom stereocenters. The summed E-state index contributed by atoms with van der Waals surface area (Å²) in [6.45, 7) is 7.67. The monoisotopic (exact) mass is 315 g/mol. The highest BCUT2D eigenvalue weighted by Gasteiger charge is 2.24. The highest BCUT2D eigenvalue weighted by molar-refractivity contribution is 5.81. The predicted octanol–water partition coefficient (Wildman–Crippen LogP) is 1.92. The maximum atomic E-state index is 12.4. The third kappa shape index (κ3) is 7.22. The second-order valence-electron chi connectivity index (χ2n) is 6.29. The fraction of sp³-hybridized carbons (Fsp3) is 0.875. The minimum Gasteiger partial charge on any atom is -0.481 e. The van der Waals surface area contributed by atoms with Gasteiger partial charge in [0.25, 0.3) is 5.91 Å². The summed E-state index contributed by atoms with van der Waals surface area (Å²) < 4.78 is 11.2. The summed E-state index contributed by atoms with van der Waals surface area (Å²) in [6.07, 6.45) is 2.64. The van der Waals surface area contributed by atoms with E-state index in [9.17, 15) is 9.59 Å². The largest absolute Gasteiger partial charge is 0.481 e. The number of carboxylic acids is 1. The first kappa shape index (κ1) is 18.9. The first-order chi connectivity index (χ1) is 10.4. The fourth-order valence-electron chi connectivity index (χ4n) is 2.48. The molecule has 0 aromatic heterocycles. The molecule has 0 aliphatic carbocycles. The topological polar surface area (TPSA) is 76.1 Å². The van der Waals surface area contributed by atoms with Crippen molar-refractivity contribution in [3.63, 3.8) is 0 Å². The van der Waals surface area contributed by atoms with Gasteiger partial charge in [-0.3, -0.25) is 9.59 Å². The molecule has 0 aromatic rings. The van der Waals surface area contributed by atoms with Crippen LogP contribution in [0.25, 0.3) is 0 Å². The predicted molar refractivity (Wildman–Crippen MR) is 82.7 cm³/mol. The van der Waals surface area contributed by atoms with Crippen LogP contribution >= 0.6 is 0 Å². The highest BCUT2D eigenvalue weighted by atomic mass is 16.5. The number of carboxylic acid groups (broad SMARTS) is 1. The molecule has 2 atom stereocenters. The van der Waals surface area contributed by atoms with Crippen LogP contribution in [0.15, 0.2) is 0 Å². The molecule has 1 aliphatic rings. The Balaban J connectivity index is 2.45. The van der Waals surface area contributed by atoms with Gasteiger partial charge in [-0.1, -0.05) is 13.8 Å². The Kier molecular flexibility index (Phi) is 8.42. The van der Waals surface area contributed by atoms with E-state index in [-0.39, 0.29) is 30.9 Å². The smallest absolute Gasteiger partial charge is 0.305 e. The van der Waals surface area contributed by atoms with E-state index >= 15 is 0 Å². The van der Waals surface area contributed by atoms with Crippen molar-refractivity contribution in [3.05, 3.63) is 0 Å². The van der Waals surface area contributed by atoms with Crippen molar-refractivity contribution in [2.45, 2.75) is 58.7 Å². The van der Waals surface area contributed by atoms with Crippen molar-refractivity contribution in [3.8, 4) is 0 Å². The number of hydrogen-bond donors (Lipinski definition) is 1. The molecular weight excluding hydrogens is 286 g/mol. The molecule has 0 bridgehead atoms. The van der Waals surface area contributed by atoms with E-state index in [1.54, 1.807) is 11.8 Å². The Labute approximate surface area is 132 Å². The van der Waals surface area contributed by atoms with Crippen LogP contribution in [0.3, 0.4) is 0 Å². The van der Waals surface area contributed by atoms with Crippen LogP contribution in [0.4, 0.5) is 0 Å². The Morgan fingerprint density at radius 1 is 1.32 bits per heavy atom. The fourth-order valence-corrected chi connectivity index (χ4v) is 2.48. The van der Waals surface area contributed by atoms with Crippen LogP contribution in [-0.2, 0) is 19.1 Å². The van der Waals surface area contributed by atoms with Gasteiger partial charge in [0, 0.05) is 19.7 Å². The van der Waals surface area contributed by atoms with Crippen molar-refractivity contribution >= 4 is 11.9 Å². The average molecular weight is 315 g/mol. The number of hydrogen-bond acceptors (Lipinski definition) is 4. The molecule has 0 radical (unpaired) electrons. The molecule has 1 N–H and O–H groups in total. The van der Waals surface area contributed by atoms with E-state index < -0.39 is 12.1 Å². The maximum Gasteiger partial charge on any atom is 0.305 e. The third-order valence-corrected chi connectivity index (χ3v) is 3.65. The molecular formula is C16H29NO5. The quantitative estimate of drug-likeness (QED) is 0.703. The normalized spacial score (nSPS) is 19.9. The van der Waals surface area contributed by atoms with Crippen LogP contribution < -0.4 is 0 Å². The van der Waals surface area contributed by atoms with Crippen molar-refractivity contribution in [1.29, 1.82) is 0 Å². The van der Waals surface area contributed by atoms with Gasteiger partial charge in [0.1, 0.15) is 6.10 Å². The van der Waals surface area contributed by atoms with Gasteiger partial charge in [-0.15, -0.1) is 0 Å². The lowest BCUT2D eigenvalue weighted by atomic mass is 10.1. The summed E-state index contributed by atoms with van der Waals surface area (Å²) in [7, 11) is 0. The molecule has 128 valence electrons. The van der Waals surface area contributed by atoms with E-state index in [4.69, 9.17) is 14.6 Å². The molecule has 1 rings (SSSR count). The van der Waals surface area contributed by atoms with Crippen molar-refractivity contribution < 1.29 is 24.2 Å². The van der Waals surface area contributed by atoms with Crippen LogP contribution in [0.5, 0.6) is 0 Å². The lowest BCUT2D eigenvalue weighted by molar-refractivity contribution is -0.147. The zero-order valence-corrected chi connectivity index (χ0v) is 13.9. The second-order valence-corrected chi connectivity index (χ2v) is 6.29. The van der Waals surface area contributed by atoms with Crippen LogP contribution in [0.2, 0.25) is 0 Å². The van der Waals surface area contributed by atoms with Crippen LogP contribution in [0, 0.1) is 5.92 Å². The molecule has 1 amide bonds. The summed E-state index contributed by atoms with van der Waals surface area (Å²) >= 11 is 0. The highest BCUT2D eigenvalue weighted by Crippen LogP contribution is 2.14. The number of aliphatic carboxylic acids is 1. The standard InChI is InChI=1S/C16H29NO5/c1-12(2)10-17(8-7-15(18)19)16(20)13(3)22-11-14-6-4-5-9-21-14/h12-14H,4-11H2,1-3H3,(H,18,19). The Morgan fingerprint density at radius 3 is 2.59 bits per heavy atom. The lowest BCUT2D eigenvalue weighted by Gasteiger charge is -2.28. The van der Waals surface area contributed by atoms with Gasteiger partial charge < -0.3 is 19.5 Å². The average Bonchev–Trinajstić information content (AvgIpc) is 2.48. The van der Waals surface area contributed by atoms with E-state index in [0.29, 0.717) is 13.2 Å². The first-order valence-electron chi connectivity index (χ1n) is 8.14. The van der Waals surface area contributed by atoms with E-state index in [2.05, 4.69) is 0 Å². The summed E-state index contributed by atoms with van der Waals surface area (Å²) in [5, 5.41) is 8.80. The van der Waals surface area contributed by atoms with E-state index in [1.165, 1.54) is 0 Å². The van der Waals surface area contributed by atoms with Gasteiger partial charge in [0.15, 0.2) is 0 Å². The summed E-state index contributed by atoms with van der Waals surface area (Å²) in [5.74, 6) is -0.761. The molecule has 1 saturated heterocycles. The first-order valence-corrected chi connectivity index (χ1v) is 8.14. The van der Waals surface area contributed by atoms with Crippen molar-refractivity contribution in [2.75, 3.05) is 26.3 Å². The second kappa shape index (κ2) is 9.79. The Morgan fingerprint density at radius 2 is 2.05 bits per heavy atom. The number of ether oxygens (including phenoxy) is 2. The maximum absolute atomic E-state index is 12.4. The molecule has 6 nitrogen and oxygen atoms in total.